The van der Waals surface area contributed by atoms with Crippen LogP contribution in [0.1, 0.15) is 31.0 Å². The maximum Gasteiger partial charge on any atom is 0.221 e. The zero-order valence-electron chi connectivity index (χ0n) is 11.0. The topological polar surface area (TPSA) is 62.2 Å². The van der Waals surface area contributed by atoms with Crippen LogP contribution in [-0.2, 0) is 10.5 Å². The van der Waals surface area contributed by atoms with Crippen molar-refractivity contribution in [1.29, 1.82) is 0 Å². The molecule has 0 saturated heterocycles. The highest BCUT2D eigenvalue weighted by atomic mass is 32.2. The molecule has 4 nitrogen and oxygen atoms in total. The molecule has 1 aromatic heterocycles. The molecule has 102 valence electrons. The number of thioether (sulfide) groups is 1. The van der Waals surface area contributed by atoms with Crippen molar-refractivity contribution >= 4 is 29.0 Å². The van der Waals surface area contributed by atoms with Crippen molar-refractivity contribution in [1.82, 2.24) is 10.3 Å². The lowest BCUT2D eigenvalue weighted by Crippen LogP contribution is -2.46. The Hall–Kier alpha value is -0.590. The van der Waals surface area contributed by atoms with E-state index < -0.39 is 5.54 Å². The van der Waals surface area contributed by atoms with Crippen LogP contribution in [0.4, 0.5) is 0 Å². The first-order valence-electron chi connectivity index (χ1n) is 5.83. The van der Waals surface area contributed by atoms with E-state index in [1.165, 1.54) is 0 Å². The first-order valence-corrected chi connectivity index (χ1v) is 7.87. The lowest BCUT2D eigenvalue weighted by Gasteiger charge is -2.23. The Morgan fingerprint density at radius 3 is 2.89 bits per heavy atom. The molecule has 0 aromatic carbocycles. The van der Waals surface area contributed by atoms with Crippen LogP contribution in [-0.4, -0.2) is 33.9 Å². The Morgan fingerprint density at radius 2 is 2.33 bits per heavy atom. The van der Waals surface area contributed by atoms with Crippen molar-refractivity contribution in [3.8, 4) is 0 Å². The lowest BCUT2D eigenvalue weighted by atomic mass is 10.1. The van der Waals surface area contributed by atoms with E-state index in [1.54, 1.807) is 36.9 Å². The number of thiazole rings is 1. The molecule has 0 aliphatic heterocycles. The van der Waals surface area contributed by atoms with E-state index >= 15 is 0 Å². The van der Waals surface area contributed by atoms with Crippen LogP contribution < -0.4 is 5.32 Å². The van der Waals surface area contributed by atoms with E-state index in [-0.39, 0.29) is 12.5 Å². The van der Waals surface area contributed by atoms with Gasteiger partial charge in [-0.25, -0.2) is 4.98 Å². The van der Waals surface area contributed by atoms with Gasteiger partial charge in [0.25, 0.3) is 0 Å². The monoisotopic (exact) mass is 288 g/mol. The molecule has 6 heteroatoms. The van der Waals surface area contributed by atoms with Gasteiger partial charge in [0, 0.05) is 23.3 Å². The molecular weight excluding hydrogens is 268 g/mol. The normalized spacial score (nSPS) is 11.6. The number of aliphatic hydroxyl groups excluding tert-OH is 1. The molecule has 0 aliphatic rings. The molecule has 1 rings (SSSR count). The number of hydrogen-bond acceptors (Lipinski definition) is 5. The fraction of sp³-hybridized carbons (Fsp3) is 0.667. The van der Waals surface area contributed by atoms with Gasteiger partial charge in [-0.2, -0.15) is 11.8 Å². The minimum absolute atomic E-state index is 0.0176. The number of aromatic nitrogens is 1. The molecule has 0 radical (unpaired) electrons. The highest BCUT2D eigenvalue weighted by molar-refractivity contribution is 7.98. The van der Waals surface area contributed by atoms with Crippen molar-refractivity contribution < 1.29 is 9.90 Å². The summed E-state index contributed by atoms with van der Waals surface area (Å²) < 4.78 is 0. The molecule has 0 fully saturated rings. The molecule has 0 unspecified atom stereocenters. The van der Waals surface area contributed by atoms with Crippen LogP contribution in [0.3, 0.4) is 0 Å². The maximum atomic E-state index is 11.6. The number of hydrogen-bond donors (Lipinski definition) is 2. The highest BCUT2D eigenvalue weighted by Crippen LogP contribution is 2.15. The van der Waals surface area contributed by atoms with Crippen LogP contribution in [0.25, 0.3) is 0 Å². The third-order valence-electron chi connectivity index (χ3n) is 2.26. The zero-order valence-corrected chi connectivity index (χ0v) is 12.7. The summed E-state index contributed by atoms with van der Waals surface area (Å²) >= 11 is 3.35. The molecule has 1 amide bonds. The Kier molecular flexibility index (Phi) is 6.11. The summed E-state index contributed by atoms with van der Waals surface area (Å²) in [6.07, 6.45) is 0.469. The Morgan fingerprint density at radius 1 is 1.61 bits per heavy atom. The van der Waals surface area contributed by atoms with Gasteiger partial charge in [0.2, 0.25) is 5.91 Å². The largest absolute Gasteiger partial charge is 0.394 e. The quantitative estimate of drug-likeness (QED) is 0.753. The van der Waals surface area contributed by atoms with Crippen LogP contribution in [0.5, 0.6) is 0 Å². The van der Waals surface area contributed by atoms with Gasteiger partial charge in [-0.15, -0.1) is 11.3 Å². The van der Waals surface area contributed by atoms with E-state index in [0.717, 1.165) is 22.2 Å². The number of nitrogens with zero attached hydrogens (tertiary/aromatic N) is 1. The van der Waals surface area contributed by atoms with E-state index in [9.17, 15) is 4.79 Å². The van der Waals surface area contributed by atoms with Gasteiger partial charge in [-0.05, 0) is 20.8 Å². The summed E-state index contributed by atoms with van der Waals surface area (Å²) in [5.41, 5.74) is 0.548. The predicted octanol–water partition coefficient (Wildman–Crippen LogP) is 1.96. The summed E-state index contributed by atoms with van der Waals surface area (Å²) in [6.45, 7) is 5.54. The predicted molar refractivity (Wildman–Crippen MR) is 76.9 cm³/mol. The van der Waals surface area contributed by atoms with Crippen molar-refractivity contribution in [3.05, 3.63) is 16.1 Å². The third kappa shape index (κ3) is 5.84. The molecule has 1 heterocycles. The molecular formula is C12H20N2O2S2. The van der Waals surface area contributed by atoms with Crippen LogP contribution >= 0.6 is 23.1 Å². The molecule has 0 bridgehead atoms. The van der Waals surface area contributed by atoms with Crippen molar-refractivity contribution in [3.63, 3.8) is 0 Å². The zero-order chi connectivity index (χ0) is 13.6. The fourth-order valence-electron chi connectivity index (χ4n) is 1.30. The number of rotatable bonds is 7. The second-order valence-electron chi connectivity index (χ2n) is 4.75. The molecule has 18 heavy (non-hydrogen) atoms. The maximum absolute atomic E-state index is 11.6. The first-order chi connectivity index (χ1) is 8.43. The fourth-order valence-corrected chi connectivity index (χ4v) is 2.84. The standard InChI is InChI=1S/C12H20N2O2S2/c1-9-13-10(7-18-9)6-17-5-4-11(16)14-12(2,3)8-15/h7,15H,4-6,8H2,1-3H3,(H,14,16). The second-order valence-corrected chi connectivity index (χ2v) is 6.92. The van der Waals surface area contributed by atoms with Gasteiger partial charge in [-0.3, -0.25) is 4.79 Å². The summed E-state index contributed by atoms with van der Waals surface area (Å²) in [5.74, 6) is 1.60. The molecule has 2 N–H and O–H groups in total. The van der Waals surface area contributed by atoms with Crippen molar-refractivity contribution in [2.75, 3.05) is 12.4 Å². The number of aryl methyl sites for hydroxylation is 1. The van der Waals surface area contributed by atoms with Gasteiger partial charge in [0.15, 0.2) is 0 Å². The Balaban J connectivity index is 2.16. The van der Waals surface area contributed by atoms with Crippen LogP contribution in [0.2, 0.25) is 0 Å². The summed E-state index contributed by atoms with van der Waals surface area (Å²) in [7, 11) is 0. The van der Waals surface area contributed by atoms with Gasteiger partial charge in [-0.1, -0.05) is 0 Å². The van der Waals surface area contributed by atoms with Gasteiger partial charge < -0.3 is 10.4 Å². The third-order valence-corrected chi connectivity index (χ3v) is 4.08. The number of carbonyl (C=O) groups excluding carboxylic acids is 1. The Labute approximate surface area is 116 Å². The van der Waals surface area contributed by atoms with Gasteiger partial charge >= 0.3 is 0 Å². The smallest absolute Gasteiger partial charge is 0.221 e. The SMILES string of the molecule is Cc1nc(CSCCC(=O)NC(C)(C)CO)cs1. The lowest BCUT2D eigenvalue weighted by molar-refractivity contribution is -0.122. The average molecular weight is 288 g/mol. The minimum Gasteiger partial charge on any atom is -0.394 e. The van der Waals surface area contributed by atoms with Crippen molar-refractivity contribution in [2.45, 2.75) is 38.5 Å². The minimum atomic E-state index is -0.534. The van der Waals surface area contributed by atoms with E-state index in [4.69, 9.17) is 5.11 Å². The second kappa shape index (κ2) is 7.11. The van der Waals surface area contributed by atoms with Gasteiger partial charge in [0.1, 0.15) is 0 Å². The summed E-state index contributed by atoms with van der Waals surface area (Å²) in [6, 6.07) is 0. The van der Waals surface area contributed by atoms with Crippen molar-refractivity contribution in [2.24, 2.45) is 0 Å². The number of nitrogens with one attached hydrogen (secondary N) is 1. The number of amides is 1. The van der Waals surface area contributed by atoms with E-state index in [1.807, 2.05) is 6.92 Å². The number of aliphatic hydroxyl groups is 1. The van der Waals surface area contributed by atoms with Crippen LogP contribution in [0.15, 0.2) is 5.38 Å². The molecule has 0 atom stereocenters. The van der Waals surface area contributed by atoms with E-state index in [0.29, 0.717) is 6.42 Å². The van der Waals surface area contributed by atoms with Crippen LogP contribution in [0, 0.1) is 6.92 Å². The van der Waals surface area contributed by atoms with Gasteiger partial charge in [0.05, 0.1) is 22.8 Å². The summed E-state index contributed by atoms with van der Waals surface area (Å²) in [4.78, 5) is 15.9. The molecule has 0 aliphatic carbocycles. The average Bonchev–Trinajstić information content (AvgIpc) is 2.70. The number of carbonyl (C=O) groups is 1. The molecule has 0 saturated carbocycles. The first kappa shape index (κ1) is 15.5. The molecule has 1 aromatic rings. The Bertz CT molecular complexity index is 391. The molecule has 0 spiro atoms. The summed E-state index contributed by atoms with van der Waals surface area (Å²) in [5, 5.41) is 15.0. The highest BCUT2D eigenvalue weighted by Gasteiger charge is 2.18. The van der Waals surface area contributed by atoms with E-state index in [2.05, 4.69) is 15.7 Å².